The van der Waals surface area contributed by atoms with E-state index < -0.39 is 0 Å². The number of hydrogen-bond donors (Lipinski definition) is 2. The van der Waals surface area contributed by atoms with E-state index in [0.717, 1.165) is 0 Å². The van der Waals surface area contributed by atoms with Gasteiger partial charge in [0, 0.05) is 24.7 Å². The number of hydrogen-bond acceptors (Lipinski definition) is 5. The van der Waals surface area contributed by atoms with Gasteiger partial charge in [-0.25, -0.2) is 0 Å². The normalized spacial score (nSPS) is 10.6. The van der Waals surface area contributed by atoms with Crippen molar-refractivity contribution in [3.63, 3.8) is 0 Å². The van der Waals surface area contributed by atoms with E-state index in [4.69, 9.17) is 9.26 Å². The molecule has 25 heavy (non-hydrogen) atoms. The molecule has 1 heterocycles. The van der Waals surface area contributed by atoms with Gasteiger partial charge in [-0.2, -0.15) is 0 Å². The molecule has 0 unspecified atom stereocenters. The van der Waals surface area contributed by atoms with E-state index in [0.29, 0.717) is 36.1 Å². The Morgan fingerprint density at radius 2 is 1.96 bits per heavy atom. The molecule has 2 aromatic rings. The molecule has 7 nitrogen and oxygen atoms in total. The molecule has 2 amide bonds. The fourth-order valence-corrected chi connectivity index (χ4v) is 1.91. The summed E-state index contributed by atoms with van der Waals surface area (Å²) in [5.41, 5.74) is 0.944. The summed E-state index contributed by atoms with van der Waals surface area (Å²) < 4.78 is 10.7. The lowest BCUT2D eigenvalue weighted by Gasteiger charge is -2.06. The summed E-state index contributed by atoms with van der Waals surface area (Å²) in [6, 6.07) is 8.57. The Balaban J connectivity index is 1.85. The van der Waals surface area contributed by atoms with Gasteiger partial charge in [-0.3, -0.25) is 9.59 Å². The highest BCUT2D eigenvalue weighted by Gasteiger charge is 2.13. The molecule has 1 aromatic heterocycles. The van der Waals surface area contributed by atoms with Gasteiger partial charge in [0.2, 0.25) is 5.91 Å². The second kappa shape index (κ2) is 8.86. The van der Waals surface area contributed by atoms with Crippen molar-refractivity contribution < 1.29 is 18.8 Å². The third-order valence-corrected chi connectivity index (χ3v) is 3.30. The summed E-state index contributed by atoms with van der Waals surface area (Å²) in [6.07, 6.45) is 0.427. The number of carbonyl (C=O) groups excluding carboxylic acids is 2. The largest absolute Gasteiger partial charge is 0.486 e. The van der Waals surface area contributed by atoms with Gasteiger partial charge in [0.1, 0.15) is 12.4 Å². The highest BCUT2D eigenvalue weighted by atomic mass is 16.5. The topological polar surface area (TPSA) is 93.5 Å². The number of nitrogens with one attached hydrogen (secondary N) is 2. The molecule has 0 bridgehead atoms. The SMILES string of the molecule is CCC(=O)Nc1ccc(OCc2cc(C(=O)NCC(C)C)no2)cc1. The van der Waals surface area contributed by atoms with E-state index in [1.165, 1.54) is 0 Å². The van der Waals surface area contributed by atoms with Gasteiger partial charge in [0.15, 0.2) is 11.5 Å². The summed E-state index contributed by atoms with van der Waals surface area (Å²) in [5.74, 6) is 1.14. The average Bonchev–Trinajstić information content (AvgIpc) is 3.08. The molecule has 2 rings (SSSR count). The molecule has 0 radical (unpaired) electrons. The standard InChI is InChI=1S/C18H23N3O4/c1-4-17(22)20-13-5-7-14(8-6-13)24-11-15-9-16(21-25-15)18(23)19-10-12(2)3/h5-9,12H,4,10-11H2,1-3H3,(H,19,23)(H,20,22). The van der Waals surface area contributed by atoms with Crippen molar-refractivity contribution in [3.05, 3.63) is 41.8 Å². The van der Waals surface area contributed by atoms with Crippen LogP contribution in [0.4, 0.5) is 5.69 Å². The Labute approximate surface area is 146 Å². The third-order valence-electron chi connectivity index (χ3n) is 3.30. The zero-order valence-corrected chi connectivity index (χ0v) is 14.7. The first-order chi connectivity index (χ1) is 12.0. The van der Waals surface area contributed by atoms with Crippen LogP contribution in [-0.4, -0.2) is 23.5 Å². The van der Waals surface area contributed by atoms with Gasteiger partial charge in [0.05, 0.1) is 0 Å². The van der Waals surface area contributed by atoms with E-state index >= 15 is 0 Å². The maximum atomic E-state index is 11.9. The Kier molecular flexibility index (Phi) is 6.56. The molecular formula is C18H23N3O4. The molecule has 0 aliphatic rings. The molecular weight excluding hydrogens is 322 g/mol. The maximum Gasteiger partial charge on any atom is 0.273 e. The summed E-state index contributed by atoms with van der Waals surface area (Å²) >= 11 is 0. The monoisotopic (exact) mass is 345 g/mol. The van der Waals surface area contributed by atoms with Gasteiger partial charge in [0.25, 0.3) is 5.91 Å². The molecule has 7 heteroatoms. The van der Waals surface area contributed by atoms with Crippen LogP contribution in [0.3, 0.4) is 0 Å². The predicted octanol–water partition coefficient (Wildman–Crippen LogP) is 2.99. The predicted molar refractivity (Wildman–Crippen MR) is 93.4 cm³/mol. The molecule has 0 aliphatic heterocycles. The zero-order chi connectivity index (χ0) is 18.2. The highest BCUT2D eigenvalue weighted by molar-refractivity contribution is 5.92. The van der Waals surface area contributed by atoms with Crippen LogP contribution in [0.15, 0.2) is 34.9 Å². The second-order valence-electron chi connectivity index (χ2n) is 6.00. The summed E-state index contributed by atoms with van der Waals surface area (Å²) in [7, 11) is 0. The van der Waals surface area contributed by atoms with Crippen molar-refractivity contribution in [2.24, 2.45) is 5.92 Å². The third kappa shape index (κ3) is 5.95. The lowest BCUT2D eigenvalue weighted by Crippen LogP contribution is -2.27. The van der Waals surface area contributed by atoms with Gasteiger partial charge >= 0.3 is 0 Å². The van der Waals surface area contributed by atoms with Crippen molar-refractivity contribution in [1.82, 2.24) is 10.5 Å². The Morgan fingerprint density at radius 1 is 1.24 bits per heavy atom. The number of rotatable bonds is 8. The van der Waals surface area contributed by atoms with E-state index in [1.807, 2.05) is 13.8 Å². The van der Waals surface area contributed by atoms with Gasteiger partial charge < -0.3 is 19.9 Å². The van der Waals surface area contributed by atoms with Crippen molar-refractivity contribution in [2.45, 2.75) is 33.8 Å². The minimum Gasteiger partial charge on any atom is -0.486 e. The Bertz CT molecular complexity index is 707. The van der Waals surface area contributed by atoms with E-state index in [-0.39, 0.29) is 24.1 Å². The molecule has 0 saturated carbocycles. The van der Waals surface area contributed by atoms with Crippen LogP contribution in [0, 0.1) is 5.92 Å². The van der Waals surface area contributed by atoms with Crippen LogP contribution < -0.4 is 15.4 Å². The average molecular weight is 345 g/mol. The fraction of sp³-hybridized carbons (Fsp3) is 0.389. The number of anilines is 1. The van der Waals surface area contributed by atoms with Crippen molar-refractivity contribution in [2.75, 3.05) is 11.9 Å². The number of carbonyl (C=O) groups is 2. The number of nitrogens with zero attached hydrogens (tertiary/aromatic N) is 1. The molecule has 0 saturated heterocycles. The maximum absolute atomic E-state index is 11.9. The zero-order valence-electron chi connectivity index (χ0n) is 14.7. The number of amides is 2. The second-order valence-corrected chi connectivity index (χ2v) is 6.00. The first kappa shape index (κ1) is 18.5. The molecule has 0 spiro atoms. The fourth-order valence-electron chi connectivity index (χ4n) is 1.91. The summed E-state index contributed by atoms with van der Waals surface area (Å²) in [5, 5.41) is 9.28. The molecule has 1 aromatic carbocycles. The summed E-state index contributed by atoms with van der Waals surface area (Å²) in [4.78, 5) is 23.2. The minimum atomic E-state index is -0.264. The number of aromatic nitrogens is 1. The van der Waals surface area contributed by atoms with E-state index in [9.17, 15) is 9.59 Å². The van der Waals surface area contributed by atoms with E-state index in [2.05, 4.69) is 15.8 Å². The lowest BCUT2D eigenvalue weighted by atomic mass is 10.2. The Hall–Kier alpha value is -2.83. The smallest absolute Gasteiger partial charge is 0.273 e. The number of ether oxygens (including phenoxy) is 1. The van der Waals surface area contributed by atoms with Crippen LogP contribution >= 0.6 is 0 Å². The molecule has 0 fully saturated rings. The van der Waals surface area contributed by atoms with Crippen LogP contribution in [0.5, 0.6) is 5.75 Å². The van der Waals surface area contributed by atoms with Crippen molar-refractivity contribution >= 4 is 17.5 Å². The van der Waals surface area contributed by atoms with Crippen LogP contribution in [0.25, 0.3) is 0 Å². The van der Waals surface area contributed by atoms with Gasteiger partial charge in [-0.1, -0.05) is 25.9 Å². The Morgan fingerprint density at radius 3 is 2.60 bits per heavy atom. The van der Waals surface area contributed by atoms with E-state index in [1.54, 1.807) is 37.3 Å². The molecule has 2 N–H and O–H groups in total. The van der Waals surface area contributed by atoms with Crippen LogP contribution in [0.2, 0.25) is 0 Å². The number of benzene rings is 1. The first-order valence-electron chi connectivity index (χ1n) is 8.24. The molecule has 0 aliphatic carbocycles. The van der Waals surface area contributed by atoms with Crippen molar-refractivity contribution in [1.29, 1.82) is 0 Å². The highest BCUT2D eigenvalue weighted by Crippen LogP contribution is 2.17. The van der Waals surface area contributed by atoms with Gasteiger partial charge in [-0.05, 0) is 30.2 Å². The summed E-state index contributed by atoms with van der Waals surface area (Å²) in [6.45, 7) is 6.56. The van der Waals surface area contributed by atoms with Crippen LogP contribution in [0.1, 0.15) is 43.4 Å². The molecule has 134 valence electrons. The molecule has 0 atom stereocenters. The van der Waals surface area contributed by atoms with Crippen molar-refractivity contribution in [3.8, 4) is 5.75 Å². The first-order valence-corrected chi connectivity index (χ1v) is 8.24. The lowest BCUT2D eigenvalue weighted by molar-refractivity contribution is -0.115. The quantitative estimate of drug-likeness (QED) is 0.767. The minimum absolute atomic E-state index is 0.0430. The van der Waals surface area contributed by atoms with Gasteiger partial charge in [-0.15, -0.1) is 0 Å². The van der Waals surface area contributed by atoms with Crippen LogP contribution in [-0.2, 0) is 11.4 Å².